The molecule has 0 saturated carbocycles. The quantitative estimate of drug-likeness (QED) is 0.779. The highest BCUT2D eigenvalue weighted by Gasteiger charge is 2.22. The van der Waals surface area contributed by atoms with E-state index < -0.39 is 8.32 Å². The molecule has 2 nitrogen and oxygen atoms in total. The summed E-state index contributed by atoms with van der Waals surface area (Å²) in [5.41, 5.74) is 1.27. The van der Waals surface area contributed by atoms with Crippen molar-refractivity contribution in [1.29, 1.82) is 0 Å². The fourth-order valence-electron chi connectivity index (χ4n) is 2.41. The fraction of sp³-hybridized carbons (Fsp3) is 0.444. The van der Waals surface area contributed by atoms with Gasteiger partial charge in [-0.15, -0.1) is 0 Å². The van der Waals surface area contributed by atoms with Gasteiger partial charge in [0.2, 0.25) is 0 Å². The first kappa shape index (κ1) is 16.2. The van der Waals surface area contributed by atoms with Crippen LogP contribution in [0.5, 0.6) is 0 Å². The first-order valence-corrected chi connectivity index (χ1v) is 11.2. The molecular weight excluding hydrogens is 274 g/mol. The molecule has 2 aromatic rings. The number of nitrogens with one attached hydrogen (secondary N) is 1. The van der Waals surface area contributed by atoms with Gasteiger partial charge in [-0.05, 0) is 42.0 Å². The van der Waals surface area contributed by atoms with Gasteiger partial charge in [0.1, 0.15) is 0 Å². The summed E-state index contributed by atoms with van der Waals surface area (Å²) < 4.78 is 6.40. The van der Waals surface area contributed by atoms with Gasteiger partial charge < -0.3 is 9.74 Å². The van der Waals surface area contributed by atoms with E-state index in [1.54, 1.807) is 0 Å². The van der Waals surface area contributed by atoms with Gasteiger partial charge in [0.15, 0.2) is 8.32 Å². The van der Waals surface area contributed by atoms with Gasteiger partial charge in [0.05, 0.1) is 6.10 Å². The molecule has 0 amide bonds. The van der Waals surface area contributed by atoms with Gasteiger partial charge in [0, 0.05) is 12.6 Å². The third-order valence-electron chi connectivity index (χ3n) is 3.35. The van der Waals surface area contributed by atoms with E-state index in [1.165, 1.54) is 16.3 Å². The molecule has 0 fully saturated rings. The SMILES string of the molecule is CC(C)NCC(O[Si](C)(C)C)c1ccc2ccccc2c1. The number of fused-ring (bicyclic) bond motifs is 1. The first-order valence-electron chi connectivity index (χ1n) is 7.75. The molecule has 1 atom stereocenters. The van der Waals surface area contributed by atoms with E-state index in [0.717, 1.165) is 6.54 Å². The normalized spacial score (nSPS) is 13.8. The average molecular weight is 302 g/mol. The van der Waals surface area contributed by atoms with Gasteiger partial charge in [-0.25, -0.2) is 0 Å². The zero-order valence-corrected chi connectivity index (χ0v) is 14.8. The maximum Gasteiger partial charge on any atom is 0.184 e. The van der Waals surface area contributed by atoms with Crippen molar-refractivity contribution < 1.29 is 4.43 Å². The predicted molar refractivity (Wildman–Crippen MR) is 94.3 cm³/mol. The second kappa shape index (κ2) is 6.73. The van der Waals surface area contributed by atoms with Crippen molar-refractivity contribution >= 4 is 19.1 Å². The predicted octanol–water partition coefficient (Wildman–Crippen LogP) is 4.73. The molecule has 0 aliphatic rings. The summed E-state index contributed by atoms with van der Waals surface area (Å²) in [7, 11) is -1.58. The minimum Gasteiger partial charge on any atom is -0.409 e. The van der Waals surface area contributed by atoms with Crippen LogP contribution in [0.4, 0.5) is 0 Å². The standard InChI is InChI=1S/C18H27NOSi/c1-14(2)19-13-18(20-21(3,4)5)17-11-10-15-8-6-7-9-16(15)12-17/h6-12,14,18-19H,13H2,1-5H3. The summed E-state index contributed by atoms with van der Waals surface area (Å²) in [4.78, 5) is 0. The van der Waals surface area contributed by atoms with Crippen LogP contribution in [0, 0.1) is 0 Å². The summed E-state index contributed by atoms with van der Waals surface area (Å²) in [5.74, 6) is 0. The Hall–Kier alpha value is -1.16. The zero-order valence-electron chi connectivity index (χ0n) is 13.8. The Kier molecular flexibility index (Phi) is 5.20. The van der Waals surface area contributed by atoms with Crippen molar-refractivity contribution in [2.75, 3.05) is 6.54 Å². The topological polar surface area (TPSA) is 21.3 Å². The Morgan fingerprint density at radius 1 is 1.00 bits per heavy atom. The molecule has 21 heavy (non-hydrogen) atoms. The number of hydrogen-bond donors (Lipinski definition) is 1. The van der Waals surface area contributed by atoms with Gasteiger partial charge in [0.25, 0.3) is 0 Å². The smallest absolute Gasteiger partial charge is 0.184 e. The second-order valence-electron chi connectivity index (χ2n) is 6.89. The van der Waals surface area contributed by atoms with Crippen LogP contribution in [-0.4, -0.2) is 20.9 Å². The number of rotatable bonds is 6. The van der Waals surface area contributed by atoms with E-state index in [9.17, 15) is 0 Å². The van der Waals surface area contributed by atoms with Gasteiger partial charge in [-0.1, -0.05) is 50.2 Å². The van der Waals surface area contributed by atoms with Gasteiger partial charge in [-0.2, -0.15) is 0 Å². The van der Waals surface area contributed by atoms with Crippen LogP contribution in [0.1, 0.15) is 25.5 Å². The Bertz CT molecular complexity index is 589. The maximum absolute atomic E-state index is 6.40. The highest BCUT2D eigenvalue weighted by molar-refractivity contribution is 6.69. The molecule has 1 unspecified atom stereocenters. The largest absolute Gasteiger partial charge is 0.409 e. The van der Waals surface area contributed by atoms with E-state index in [-0.39, 0.29) is 6.10 Å². The monoisotopic (exact) mass is 301 g/mol. The molecule has 3 heteroatoms. The van der Waals surface area contributed by atoms with E-state index in [2.05, 4.69) is 81.3 Å². The number of benzene rings is 2. The van der Waals surface area contributed by atoms with E-state index >= 15 is 0 Å². The Balaban J connectivity index is 2.28. The summed E-state index contributed by atoms with van der Waals surface area (Å²) in [5, 5.41) is 6.08. The molecule has 1 N–H and O–H groups in total. The third-order valence-corrected chi connectivity index (χ3v) is 4.34. The van der Waals surface area contributed by atoms with Crippen molar-refractivity contribution in [2.45, 2.75) is 45.6 Å². The van der Waals surface area contributed by atoms with E-state index in [4.69, 9.17) is 4.43 Å². The average Bonchev–Trinajstić information content (AvgIpc) is 2.41. The zero-order chi connectivity index (χ0) is 15.5. The molecular formula is C18H27NOSi. The Labute approximate surface area is 129 Å². The van der Waals surface area contributed by atoms with Crippen LogP contribution >= 0.6 is 0 Å². The Morgan fingerprint density at radius 3 is 2.29 bits per heavy atom. The van der Waals surface area contributed by atoms with Gasteiger partial charge >= 0.3 is 0 Å². The molecule has 2 aromatic carbocycles. The first-order chi connectivity index (χ1) is 9.85. The molecule has 0 radical (unpaired) electrons. The van der Waals surface area contributed by atoms with Crippen LogP contribution in [0.15, 0.2) is 42.5 Å². The molecule has 2 rings (SSSR count). The molecule has 0 aliphatic heterocycles. The fourth-order valence-corrected chi connectivity index (χ4v) is 3.48. The molecule has 114 valence electrons. The van der Waals surface area contributed by atoms with E-state index in [1.807, 2.05) is 0 Å². The minimum atomic E-state index is -1.58. The van der Waals surface area contributed by atoms with Crippen molar-refractivity contribution in [3.05, 3.63) is 48.0 Å². The molecule has 0 aliphatic carbocycles. The van der Waals surface area contributed by atoms with Crippen LogP contribution in [-0.2, 0) is 4.43 Å². The Morgan fingerprint density at radius 2 is 1.67 bits per heavy atom. The molecule has 0 heterocycles. The summed E-state index contributed by atoms with van der Waals surface area (Å²) in [6.45, 7) is 11.9. The van der Waals surface area contributed by atoms with Crippen molar-refractivity contribution in [3.63, 3.8) is 0 Å². The lowest BCUT2D eigenvalue weighted by Gasteiger charge is -2.28. The van der Waals surface area contributed by atoms with Crippen molar-refractivity contribution in [2.24, 2.45) is 0 Å². The third kappa shape index (κ3) is 4.95. The summed E-state index contributed by atoms with van der Waals surface area (Å²) in [6.07, 6.45) is 0.128. The number of hydrogen-bond acceptors (Lipinski definition) is 2. The van der Waals surface area contributed by atoms with Crippen molar-refractivity contribution in [1.82, 2.24) is 5.32 Å². The second-order valence-corrected chi connectivity index (χ2v) is 11.3. The minimum absolute atomic E-state index is 0.128. The summed E-state index contributed by atoms with van der Waals surface area (Å²) in [6, 6.07) is 15.6. The molecule has 0 bridgehead atoms. The highest BCUT2D eigenvalue weighted by atomic mass is 28.4. The van der Waals surface area contributed by atoms with Crippen LogP contribution in [0.2, 0.25) is 19.6 Å². The van der Waals surface area contributed by atoms with Crippen LogP contribution < -0.4 is 5.32 Å². The highest BCUT2D eigenvalue weighted by Crippen LogP contribution is 2.25. The van der Waals surface area contributed by atoms with Crippen LogP contribution in [0.3, 0.4) is 0 Å². The summed E-state index contributed by atoms with van der Waals surface area (Å²) >= 11 is 0. The van der Waals surface area contributed by atoms with E-state index in [0.29, 0.717) is 6.04 Å². The van der Waals surface area contributed by atoms with Crippen molar-refractivity contribution in [3.8, 4) is 0 Å². The lowest BCUT2D eigenvalue weighted by atomic mass is 10.0. The molecule has 0 spiro atoms. The van der Waals surface area contributed by atoms with Crippen LogP contribution in [0.25, 0.3) is 10.8 Å². The van der Waals surface area contributed by atoms with Gasteiger partial charge in [-0.3, -0.25) is 0 Å². The maximum atomic E-state index is 6.40. The molecule has 0 saturated heterocycles. The molecule has 0 aromatic heterocycles. The lowest BCUT2D eigenvalue weighted by molar-refractivity contribution is 0.191. The lowest BCUT2D eigenvalue weighted by Crippen LogP contribution is -2.35.